The molecular weight excluding hydrogens is 236 g/mol. The third kappa shape index (κ3) is 5.13. The van der Waals surface area contributed by atoms with Crippen LogP contribution in [0, 0.1) is 11.3 Å². The fourth-order valence-corrected chi connectivity index (χ4v) is 2.94. The summed E-state index contributed by atoms with van der Waals surface area (Å²) in [6.45, 7) is 10.7. The fraction of sp³-hybridized carbons (Fsp3) is 0.938. The molecule has 0 saturated carbocycles. The van der Waals surface area contributed by atoms with E-state index < -0.39 is 0 Å². The van der Waals surface area contributed by atoms with Crippen molar-refractivity contribution in [2.75, 3.05) is 13.1 Å². The number of piperidine rings is 1. The van der Waals surface area contributed by atoms with Crippen LogP contribution in [0.3, 0.4) is 0 Å². The second kappa shape index (κ2) is 7.88. The van der Waals surface area contributed by atoms with Gasteiger partial charge in [-0.3, -0.25) is 4.79 Å². The molecule has 0 aromatic carbocycles. The van der Waals surface area contributed by atoms with Crippen molar-refractivity contribution in [3.05, 3.63) is 0 Å². The average Bonchev–Trinajstić information content (AvgIpc) is 2.38. The first-order valence-corrected chi connectivity index (χ1v) is 8.02. The number of unbranched alkanes of at least 4 members (excludes halogenated alkanes) is 1. The van der Waals surface area contributed by atoms with Crippen molar-refractivity contribution < 1.29 is 4.79 Å². The Bertz CT molecular complexity index is 276. The van der Waals surface area contributed by atoms with Crippen molar-refractivity contribution in [3.63, 3.8) is 0 Å². The van der Waals surface area contributed by atoms with E-state index in [2.05, 4.69) is 38.3 Å². The lowest BCUT2D eigenvalue weighted by atomic mass is 9.77. The molecule has 112 valence electrons. The number of rotatable bonds is 7. The SMILES string of the molecule is CCCCC(CC)C(=O)NCC1NCCCC1(C)C. The predicted molar refractivity (Wildman–Crippen MR) is 81.1 cm³/mol. The van der Waals surface area contributed by atoms with Gasteiger partial charge in [-0.1, -0.05) is 40.5 Å². The molecule has 1 heterocycles. The quantitative estimate of drug-likeness (QED) is 0.745. The minimum absolute atomic E-state index is 0.201. The summed E-state index contributed by atoms with van der Waals surface area (Å²) in [6.07, 6.45) is 6.78. The Hall–Kier alpha value is -0.570. The lowest BCUT2D eigenvalue weighted by molar-refractivity contribution is -0.125. The van der Waals surface area contributed by atoms with Gasteiger partial charge >= 0.3 is 0 Å². The Labute approximate surface area is 118 Å². The van der Waals surface area contributed by atoms with Crippen LogP contribution in [0.1, 0.15) is 66.2 Å². The Kier molecular flexibility index (Phi) is 6.84. The molecule has 1 fully saturated rings. The lowest BCUT2D eigenvalue weighted by Crippen LogP contribution is -2.53. The molecule has 2 unspecified atom stereocenters. The number of hydrogen-bond acceptors (Lipinski definition) is 2. The summed E-state index contributed by atoms with van der Waals surface area (Å²) in [5.41, 5.74) is 0.288. The van der Waals surface area contributed by atoms with Crippen LogP contribution in [0.25, 0.3) is 0 Å². The van der Waals surface area contributed by atoms with Crippen LogP contribution in [0.2, 0.25) is 0 Å². The zero-order chi connectivity index (χ0) is 14.3. The normalized spacial score (nSPS) is 23.9. The van der Waals surface area contributed by atoms with Crippen molar-refractivity contribution in [2.45, 2.75) is 72.3 Å². The summed E-state index contributed by atoms with van der Waals surface area (Å²) < 4.78 is 0. The first-order valence-electron chi connectivity index (χ1n) is 8.02. The zero-order valence-corrected chi connectivity index (χ0v) is 13.2. The van der Waals surface area contributed by atoms with Crippen LogP contribution in [-0.2, 0) is 4.79 Å². The fourth-order valence-electron chi connectivity index (χ4n) is 2.94. The van der Waals surface area contributed by atoms with E-state index in [-0.39, 0.29) is 17.2 Å². The highest BCUT2D eigenvalue weighted by Crippen LogP contribution is 2.29. The van der Waals surface area contributed by atoms with E-state index in [0.29, 0.717) is 6.04 Å². The second-order valence-electron chi connectivity index (χ2n) is 6.59. The summed E-state index contributed by atoms with van der Waals surface area (Å²) in [7, 11) is 0. The molecule has 1 aliphatic rings. The van der Waals surface area contributed by atoms with Gasteiger partial charge in [0.2, 0.25) is 5.91 Å². The molecule has 1 aliphatic heterocycles. The molecule has 1 saturated heterocycles. The molecule has 3 nitrogen and oxygen atoms in total. The number of amides is 1. The third-order valence-corrected chi connectivity index (χ3v) is 4.58. The van der Waals surface area contributed by atoms with E-state index in [0.717, 1.165) is 32.4 Å². The maximum atomic E-state index is 12.2. The highest BCUT2D eigenvalue weighted by atomic mass is 16.1. The molecule has 2 atom stereocenters. The van der Waals surface area contributed by atoms with Gasteiger partial charge < -0.3 is 10.6 Å². The van der Waals surface area contributed by atoms with Crippen molar-refractivity contribution >= 4 is 5.91 Å². The van der Waals surface area contributed by atoms with Crippen molar-refractivity contribution in [3.8, 4) is 0 Å². The summed E-state index contributed by atoms with van der Waals surface area (Å²) in [5, 5.41) is 6.72. The predicted octanol–water partition coefficient (Wildman–Crippen LogP) is 3.10. The van der Waals surface area contributed by atoms with Gasteiger partial charge in [-0.25, -0.2) is 0 Å². The van der Waals surface area contributed by atoms with Gasteiger partial charge in [-0.05, 0) is 37.6 Å². The van der Waals surface area contributed by atoms with Crippen LogP contribution in [0.5, 0.6) is 0 Å². The molecule has 2 N–H and O–H groups in total. The second-order valence-corrected chi connectivity index (χ2v) is 6.59. The summed E-state index contributed by atoms with van der Waals surface area (Å²) >= 11 is 0. The van der Waals surface area contributed by atoms with E-state index in [1.54, 1.807) is 0 Å². The molecule has 3 heteroatoms. The van der Waals surface area contributed by atoms with Gasteiger partial charge in [0.25, 0.3) is 0 Å². The van der Waals surface area contributed by atoms with Crippen molar-refractivity contribution in [1.29, 1.82) is 0 Å². The molecule has 1 rings (SSSR count). The minimum atomic E-state index is 0.201. The molecule has 0 bridgehead atoms. The number of carbonyl (C=O) groups excluding carboxylic acids is 1. The maximum Gasteiger partial charge on any atom is 0.223 e. The van der Waals surface area contributed by atoms with Gasteiger partial charge in [0, 0.05) is 18.5 Å². The molecule has 1 amide bonds. The molecule has 19 heavy (non-hydrogen) atoms. The zero-order valence-electron chi connectivity index (χ0n) is 13.2. The van der Waals surface area contributed by atoms with Crippen LogP contribution in [-0.4, -0.2) is 25.0 Å². The monoisotopic (exact) mass is 268 g/mol. The van der Waals surface area contributed by atoms with Gasteiger partial charge in [0.15, 0.2) is 0 Å². The highest BCUT2D eigenvalue weighted by molar-refractivity contribution is 5.78. The summed E-state index contributed by atoms with van der Waals surface area (Å²) in [6, 6.07) is 0.411. The van der Waals surface area contributed by atoms with Gasteiger partial charge in [0.1, 0.15) is 0 Å². The van der Waals surface area contributed by atoms with E-state index in [1.807, 2.05) is 0 Å². The Morgan fingerprint density at radius 2 is 2.16 bits per heavy atom. The standard InChI is InChI=1S/C16H32N2O/c1-5-7-9-13(6-2)15(19)18-12-14-16(3,4)10-8-11-17-14/h13-14,17H,5-12H2,1-4H3,(H,18,19). The minimum Gasteiger partial charge on any atom is -0.354 e. The van der Waals surface area contributed by atoms with Gasteiger partial charge in [-0.2, -0.15) is 0 Å². The number of nitrogens with one attached hydrogen (secondary N) is 2. The number of hydrogen-bond donors (Lipinski definition) is 2. The van der Waals surface area contributed by atoms with Crippen LogP contribution in [0.15, 0.2) is 0 Å². The Morgan fingerprint density at radius 3 is 2.74 bits per heavy atom. The third-order valence-electron chi connectivity index (χ3n) is 4.58. The van der Waals surface area contributed by atoms with Crippen LogP contribution >= 0.6 is 0 Å². The molecule has 0 spiro atoms. The largest absolute Gasteiger partial charge is 0.354 e. The smallest absolute Gasteiger partial charge is 0.223 e. The lowest BCUT2D eigenvalue weighted by Gasteiger charge is -2.39. The summed E-state index contributed by atoms with van der Waals surface area (Å²) in [5.74, 6) is 0.450. The van der Waals surface area contributed by atoms with Crippen LogP contribution in [0.4, 0.5) is 0 Å². The molecule has 0 aromatic heterocycles. The van der Waals surface area contributed by atoms with E-state index in [4.69, 9.17) is 0 Å². The molecule has 0 aliphatic carbocycles. The van der Waals surface area contributed by atoms with E-state index >= 15 is 0 Å². The molecule has 0 aromatic rings. The molecular formula is C16H32N2O. The summed E-state index contributed by atoms with van der Waals surface area (Å²) in [4.78, 5) is 12.2. The van der Waals surface area contributed by atoms with Gasteiger partial charge in [-0.15, -0.1) is 0 Å². The van der Waals surface area contributed by atoms with E-state index in [1.165, 1.54) is 19.3 Å². The molecule has 0 radical (unpaired) electrons. The maximum absolute atomic E-state index is 12.2. The van der Waals surface area contributed by atoms with Crippen molar-refractivity contribution in [1.82, 2.24) is 10.6 Å². The first-order chi connectivity index (χ1) is 9.01. The topological polar surface area (TPSA) is 41.1 Å². The van der Waals surface area contributed by atoms with E-state index in [9.17, 15) is 4.79 Å². The van der Waals surface area contributed by atoms with Gasteiger partial charge in [0.05, 0.1) is 0 Å². The first kappa shape index (κ1) is 16.5. The number of carbonyl (C=O) groups is 1. The average molecular weight is 268 g/mol. The Balaban J connectivity index is 2.39. The Morgan fingerprint density at radius 1 is 1.42 bits per heavy atom. The van der Waals surface area contributed by atoms with Crippen molar-refractivity contribution in [2.24, 2.45) is 11.3 Å². The highest BCUT2D eigenvalue weighted by Gasteiger charge is 2.32. The van der Waals surface area contributed by atoms with Crippen LogP contribution < -0.4 is 10.6 Å².